The fourth-order valence-corrected chi connectivity index (χ4v) is 10.8. The van der Waals surface area contributed by atoms with Gasteiger partial charge in [0.1, 0.15) is 17.9 Å². The summed E-state index contributed by atoms with van der Waals surface area (Å²) in [4.78, 5) is 35.0. The Balaban J connectivity index is 1.31. The SMILES string of the molecule is Cc1c2c(c(Cl)c3ccc(CN4CCC4)cc13)C[C@H]1C[C@H]3[C@H](N(C)C)c4onc(OCc5ccccc5)c4C(=O)[C@@]3(O[Si](C)(C)C(C)(C)C)C(O)=C1C2=O. The number of hydrogen-bond donors (Lipinski definition) is 1. The van der Waals surface area contributed by atoms with E-state index in [-0.39, 0.29) is 40.2 Å². The molecule has 9 nitrogen and oxygen atoms in total. The maximum atomic E-state index is 15.5. The highest BCUT2D eigenvalue weighted by Gasteiger charge is 2.67. The second kappa shape index (κ2) is 13.2. The minimum Gasteiger partial charge on any atom is -0.508 e. The Morgan fingerprint density at radius 1 is 1.06 bits per heavy atom. The summed E-state index contributed by atoms with van der Waals surface area (Å²) in [6.07, 6.45) is 2.04. The van der Waals surface area contributed by atoms with Crippen molar-refractivity contribution in [3.8, 4) is 5.88 Å². The van der Waals surface area contributed by atoms with E-state index in [1.807, 2.05) is 56.3 Å². The third-order valence-corrected chi connectivity index (χ3v) is 17.8. The van der Waals surface area contributed by atoms with Crippen molar-refractivity contribution in [1.29, 1.82) is 0 Å². The summed E-state index contributed by atoms with van der Waals surface area (Å²) in [5.74, 6) is -1.67. The van der Waals surface area contributed by atoms with Crippen LogP contribution in [0.2, 0.25) is 23.2 Å². The van der Waals surface area contributed by atoms with Gasteiger partial charge < -0.3 is 18.8 Å². The summed E-state index contributed by atoms with van der Waals surface area (Å²) >= 11 is 7.25. The summed E-state index contributed by atoms with van der Waals surface area (Å²) in [5, 5.41) is 19.3. The molecule has 54 heavy (non-hydrogen) atoms. The van der Waals surface area contributed by atoms with Crippen LogP contribution < -0.4 is 4.74 Å². The molecule has 2 heterocycles. The van der Waals surface area contributed by atoms with Gasteiger partial charge in [-0.15, -0.1) is 0 Å². The van der Waals surface area contributed by atoms with Gasteiger partial charge in [-0.3, -0.25) is 19.4 Å². The molecular formula is C43H50ClN3O6Si. The maximum Gasteiger partial charge on any atom is 0.265 e. The van der Waals surface area contributed by atoms with Crippen LogP contribution in [0.5, 0.6) is 5.88 Å². The zero-order valence-corrected chi connectivity index (χ0v) is 34.3. The van der Waals surface area contributed by atoms with Crippen molar-refractivity contribution in [3.05, 3.63) is 104 Å². The number of allylic oxidation sites excluding steroid dienone is 1. The van der Waals surface area contributed by atoms with Gasteiger partial charge in [0.2, 0.25) is 5.78 Å². The number of likely N-dealkylation sites (tertiary alicyclic amines) is 1. The molecule has 4 aliphatic rings. The van der Waals surface area contributed by atoms with E-state index in [4.69, 9.17) is 25.3 Å². The van der Waals surface area contributed by atoms with Crippen LogP contribution >= 0.6 is 11.6 Å². The van der Waals surface area contributed by atoms with Crippen LogP contribution in [0, 0.1) is 18.8 Å². The first-order chi connectivity index (χ1) is 25.5. The number of halogens is 1. The molecule has 3 aliphatic carbocycles. The molecule has 284 valence electrons. The Bertz CT molecular complexity index is 2220. The lowest BCUT2D eigenvalue weighted by Gasteiger charge is -2.55. The lowest BCUT2D eigenvalue weighted by molar-refractivity contribution is -0.0480. The number of carbonyl (C=O) groups excluding carboxylic acids is 2. The van der Waals surface area contributed by atoms with Crippen LogP contribution in [0.15, 0.2) is 64.4 Å². The summed E-state index contributed by atoms with van der Waals surface area (Å²) in [6, 6.07) is 15.5. The Morgan fingerprint density at radius 3 is 2.43 bits per heavy atom. The van der Waals surface area contributed by atoms with Crippen molar-refractivity contribution in [2.24, 2.45) is 11.8 Å². The van der Waals surface area contributed by atoms with Crippen molar-refractivity contribution in [2.75, 3.05) is 27.2 Å². The fourth-order valence-electron chi connectivity index (χ4n) is 8.98. The number of rotatable bonds is 8. The number of aryl methyl sites for hydroxylation is 1. The van der Waals surface area contributed by atoms with Gasteiger partial charge in [0.25, 0.3) is 5.88 Å². The molecule has 0 amide bonds. The van der Waals surface area contributed by atoms with E-state index < -0.39 is 37.6 Å². The van der Waals surface area contributed by atoms with E-state index in [0.717, 1.165) is 47.1 Å². The fraction of sp³-hybridized carbons (Fsp3) is 0.465. The summed E-state index contributed by atoms with van der Waals surface area (Å²) < 4.78 is 19.5. The summed E-state index contributed by atoms with van der Waals surface area (Å²) in [7, 11) is 1.02. The van der Waals surface area contributed by atoms with E-state index in [0.29, 0.717) is 29.2 Å². The molecule has 1 fully saturated rings. The molecule has 11 heteroatoms. The van der Waals surface area contributed by atoms with Crippen LogP contribution in [0.4, 0.5) is 0 Å². The van der Waals surface area contributed by atoms with Gasteiger partial charge in [0.05, 0.1) is 11.1 Å². The zero-order valence-electron chi connectivity index (χ0n) is 32.5. The number of Topliss-reactive ketones (excluding diaryl/α,β-unsaturated/α-hetero) is 2. The van der Waals surface area contributed by atoms with Crippen molar-refractivity contribution in [2.45, 2.75) is 89.9 Å². The van der Waals surface area contributed by atoms with Gasteiger partial charge in [-0.2, -0.15) is 0 Å². The van der Waals surface area contributed by atoms with Gasteiger partial charge in [-0.05, 0) is 116 Å². The lowest BCUT2D eigenvalue weighted by Crippen LogP contribution is -2.65. The highest BCUT2D eigenvalue weighted by molar-refractivity contribution is 6.74. The monoisotopic (exact) mass is 767 g/mol. The third kappa shape index (κ3) is 5.62. The average Bonchev–Trinajstić information content (AvgIpc) is 3.52. The highest BCUT2D eigenvalue weighted by atomic mass is 35.5. The van der Waals surface area contributed by atoms with Crippen LogP contribution in [0.3, 0.4) is 0 Å². The van der Waals surface area contributed by atoms with Gasteiger partial charge in [-0.1, -0.05) is 74.8 Å². The normalized spacial score (nSPS) is 24.3. The predicted molar refractivity (Wildman–Crippen MR) is 212 cm³/mol. The Kier molecular flexibility index (Phi) is 9.05. The Morgan fingerprint density at radius 2 is 1.78 bits per heavy atom. The van der Waals surface area contributed by atoms with Crippen molar-refractivity contribution in [3.63, 3.8) is 0 Å². The maximum absolute atomic E-state index is 15.5. The highest BCUT2D eigenvalue weighted by Crippen LogP contribution is 2.60. The number of aliphatic hydroxyl groups is 1. The van der Waals surface area contributed by atoms with Gasteiger partial charge in [0, 0.05) is 29.0 Å². The largest absolute Gasteiger partial charge is 0.508 e. The number of aliphatic hydroxyl groups excluding tert-OH is 1. The van der Waals surface area contributed by atoms with E-state index in [1.54, 1.807) is 0 Å². The molecule has 1 aliphatic heterocycles. The zero-order chi connectivity index (χ0) is 38.5. The number of ketones is 2. The first-order valence-electron chi connectivity index (χ1n) is 19.1. The molecular weight excluding hydrogens is 718 g/mol. The van der Waals surface area contributed by atoms with Crippen LogP contribution in [-0.2, 0) is 24.0 Å². The van der Waals surface area contributed by atoms with Crippen molar-refractivity contribution < 1.29 is 28.4 Å². The number of hydrogen-bond acceptors (Lipinski definition) is 9. The molecule has 0 bridgehead atoms. The molecule has 4 atom stereocenters. The second-order valence-electron chi connectivity index (χ2n) is 17.5. The van der Waals surface area contributed by atoms with Crippen LogP contribution in [-0.4, -0.2) is 72.7 Å². The van der Waals surface area contributed by atoms with E-state index in [1.165, 1.54) is 12.0 Å². The smallest absolute Gasteiger partial charge is 0.265 e. The van der Waals surface area contributed by atoms with E-state index in [9.17, 15) is 5.11 Å². The number of aromatic nitrogens is 1. The number of nitrogens with zero attached hydrogens (tertiary/aromatic N) is 3. The number of benzene rings is 3. The van der Waals surface area contributed by atoms with Crippen LogP contribution in [0.25, 0.3) is 10.8 Å². The predicted octanol–water partition coefficient (Wildman–Crippen LogP) is 9.02. The van der Waals surface area contributed by atoms with E-state index in [2.05, 4.69) is 62.1 Å². The minimum absolute atomic E-state index is 0.0470. The molecule has 0 unspecified atom stereocenters. The topological polar surface area (TPSA) is 105 Å². The number of fused-ring (bicyclic) bond motifs is 5. The summed E-state index contributed by atoms with van der Waals surface area (Å²) in [5.41, 5.74) is 2.72. The molecule has 3 aromatic carbocycles. The Labute approximate surface area is 323 Å². The van der Waals surface area contributed by atoms with Crippen molar-refractivity contribution >= 4 is 42.3 Å². The first-order valence-corrected chi connectivity index (χ1v) is 22.4. The first kappa shape index (κ1) is 37.1. The number of carbonyl (C=O) groups is 2. The molecule has 1 N–H and O–H groups in total. The average molecular weight is 768 g/mol. The summed E-state index contributed by atoms with van der Waals surface area (Å²) in [6.45, 7) is 15.6. The number of ether oxygens (including phenoxy) is 1. The van der Waals surface area contributed by atoms with Gasteiger partial charge in [0.15, 0.2) is 25.5 Å². The lowest BCUT2D eigenvalue weighted by atomic mass is 9.58. The molecule has 0 spiro atoms. The third-order valence-electron chi connectivity index (χ3n) is 12.9. The molecule has 4 aromatic rings. The molecule has 1 aromatic heterocycles. The van der Waals surface area contributed by atoms with Gasteiger partial charge >= 0.3 is 0 Å². The quantitative estimate of drug-likeness (QED) is 0.176. The molecule has 0 radical (unpaired) electrons. The Hall–Kier alpha value is -3.80. The van der Waals surface area contributed by atoms with E-state index >= 15 is 9.59 Å². The van der Waals surface area contributed by atoms with Crippen molar-refractivity contribution in [1.82, 2.24) is 15.0 Å². The van der Waals surface area contributed by atoms with Gasteiger partial charge in [-0.25, -0.2) is 0 Å². The van der Waals surface area contributed by atoms with Crippen LogP contribution in [0.1, 0.15) is 88.4 Å². The second-order valence-corrected chi connectivity index (χ2v) is 22.6. The molecule has 1 saturated heterocycles. The molecule has 0 saturated carbocycles. The standard InChI is InChI=1S/C43H50ClN3O6Si/c1-24-29-19-26(22-47-17-12-18-47)15-16-28(29)35(44)30-20-27-21-31-36(46(5)6)38-34(41(45-52-38)51-23-25-13-10-9-11-14-25)40(50)43(31,53-54(7,8)42(2,3)4)39(49)33(27)37(48)32(24)30/h9-11,13-16,19,27,31,36,49H,12,17-18,20-23H2,1-8H3/t27-,31-,36-,43-/m0/s1. The minimum atomic E-state index is -2.83. The molecule has 8 rings (SSSR count).